The fraction of sp³-hybridized carbons (Fsp3) is 0.600. The monoisotopic (exact) mass is 226 g/mol. The molecule has 1 aromatic heterocycles. The zero-order valence-electron chi connectivity index (χ0n) is 8.76. The number of rotatable bonds is 2. The number of anilines is 1. The van der Waals surface area contributed by atoms with Gasteiger partial charge in [0.05, 0.1) is 0 Å². The van der Waals surface area contributed by atoms with Crippen LogP contribution in [0.15, 0.2) is 6.20 Å². The highest BCUT2D eigenvalue weighted by atomic mass is 35.5. The largest absolute Gasteiger partial charge is 0.366 e. The molecule has 15 heavy (non-hydrogen) atoms. The molecular formula is C10H15ClN4. The molecule has 1 saturated heterocycles. The van der Waals surface area contributed by atoms with Crippen LogP contribution in [0.1, 0.15) is 18.4 Å². The van der Waals surface area contributed by atoms with Gasteiger partial charge in [0.2, 0.25) is 5.28 Å². The molecule has 1 aliphatic heterocycles. The van der Waals surface area contributed by atoms with Crippen molar-refractivity contribution in [2.75, 3.05) is 18.4 Å². The maximum Gasteiger partial charge on any atom is 0.224 e. The molecule has 1 atom stereocenters. The van der Waals surface area contributed by atoms with E-state index in [0.717, 1.165) is 24.5 Å². The Balaban J connectivity index is 2.05. The lowest BCUT2D eigenvalue weighted by Gasteiger charge is -2.24. The molecule has 1 aliphatic rings. The molecule has 2 N–H and O–H groups in total. The molecule has 0 bridgehead atoms. The van der Waals surface area contributed by atoms with E-state index in [1.165, 1.54) is 12.8 Å². The van der Waals surface area contributed by atoms with Crippen LogP contribution in [0.25, 0.3) is 0 Å². The summed E-state index contributed by atoms with van der Waals surface area (Å²) in [6, 6.07) is 0.448. The van der Waals surface area contributed by atoms with Crippen molar-refractivity contribution in [3.8, 4) is 0 Å². The molecule has 0 aromatic carbocycles. The zero-order chi connectivity index (χ0) is 10.7. The predicted octanol–water partition coefficient (Wildman–Crippen LogP) is 1.60. The third kappa shape index (κ3) is 2.79. The minimum absolute atomic E-state index is 0.298. The van der Waals surface area contributed by atoms with E-state index in [0.29, 0.717) is 11.3 Å². The van der Waals surface area contributed by atoms with Crippen LogP contribution < -0.4 is 10.6 Å². The van der Waals surface area contributed by atoms with Crippen molar-refractivity contribution >= 4 is 17.4 Å². The highest BCUT2D eigenvalue weighted by Crippen LogP contribution is 2.15. The first-order valence-electron chi connectivity index (χ1n) is 5.22. The first-order chi connectivity index (χ1) is 7.25. The average Bonchev–Trinajstić information content (AvgIpc) is 2.25. The minimum atomic E-state index is 0.298. The summed E-state index contributed by atoms with van der Waals surface area (Å²) in [6.07, 6.45) is 4.12. The zero-order valence-corrected chi connectivity index (χ0v) is 9.51. The number of piperidine rings is 1. The van der Waals surface area contributed by atoms with Gasteiger partial charge in [-0.25, -0.2) is 9.97 Å². The van der Waals surface area contributed by atoms with E-state index >= 15 is 0 Å². The lowest BCUT2D eigenvalue weighted by molar-refractivity contribution is 0.478. The number of nitrogens with zero attached hydrogens (tertiary/aromatic N) is 2. The van der Waals surface area contributed by atoms with Gasteiger partial charge in [-0.2, -0.15) is 0 Å². The fourth-order valence-corrected chi connectivity index (χ4v) is 1.87. The van der Waals surface area contributed by atoms with Gasteiger partial charge < -0.3 is 10.6 Å². The van der Waals surface area contributed by atoms with Gasteiger partial charge in [-0.1, -0.05) is 0 Å². The van der Waals surface area contributed by atoms with Crippen molar-refractivity contribution in [1.29, 1.82) is 0 Å². The molecule has 2 rings (SSSR count). The van der Waals surface area contributed by atoms with Crippen molar-refractivity contribution in [2.24, 2.45) is 0 Å². The Morgan fingerprint density at radius 1 is 1.60 bits per heavy atom. The molecule has 82 valence electrons. The molecule has 0 radical (unpaired) electrons. The van der Waals surface area contributed by atoms with Crippen LogP contribution in [0.2, 0.25) is 5.28 Å². The molecule has 0 spiro atoms. The number of hydrogen-bond donors (Lipinski definition) is 2. The lowest BCUT2D eigenvalue weighted by Crippen LogP contribution is -2.38. The summed E-state index contributed by atoms with van der Waals surface area (Å²) < 4.78 is 0. The van der Waals surface area contributed by atoms with Crippen LogP contribution in [0, 0.1) is 6.92 Å². The van der Waals surface area contributed by atoms with E-state index in [1.54, 1.807) is 6.20 Å². The third-order valence-corrected chi connectivity index (χ3v) is 2.76. The summed E-state index contributed by atoms with van der Waals surface area (Å²) in [6.45, 7) is 4.08. The average molecular weight is 227 g/mol. The maximum atomic E-state index is 5.76. The summed E-state index contributed by atoms with van der Waals surface area (Å²) in [5.74, 6) is 0.851. The summed E-state index contributed by atoms with van der Waals surface area (Å²) in [4.78, 5) is 8.11. The predicted molar refractivity (Wildman–Crippen MR) is 61.3 cm³/mol. The summed E-state index contributed by atoms with van der Waals surface area (Å²) in [5, 5.41) is 7.04. The Morgan fingerprint density at radius 2 is 2.47 bits per heavy atom. The van der Waals surface area contributed by atoms with Crippen molar-refractivity contribution in [3.05, 3.63) is 17.0 Å². The third-order valence-electron chi connectivity index (χ3n) is 2.58. The number of hydrogen-bond acceptors (Lipinski definition) is 4. The Labute approximate surface area is 94.5 Å². The van der Waals surface area contributed by atoms with Gasteiger partial charge in [0.15, 0.2) is 0 Å². The van der Waals surface area contributed by atoms with Gasteiger partial charge in [0, 0.05) is 24.3 Å². The van der Waals surface area contributed by atoms with Gasteiger partial charge in [0.1, 0.15) is 5.82 Å². The van der Waals surface area contributed by atoms with E-state index < -0.39 is 0 Å². The van der Waals surface area contributed by atoms with Crippen LogP contribution in [0.5, 0.6) is 0 Å². The van der Waals surface area contributed by atoms with E-state index in [1.807, 2.05) is 6.92 Å². The van der Waals surface area contributed by atoms with Crippen molar-refractivity contribution in [2.45, 2.75) is 25.8 Å². The second-order valence-corrected chi connectivity index (χ2v) is 4.20. The topological polar surface area (TPSA) is 49.8 Å². The molecule has 1 aromatic rings. The summed E-state index contributed by atoms with van der Waals surface area (Å²) in [5.41, 5.74) is 1.03. The normalized spacial score (nSPS) is 21.3. The quantitative estimate of drug-likeness (QED) is 0.753. The van der Waals surface area contributed by atoms with Crippen LogP contribution in [0.4, 0.5) is 5.82 Å². The van der Waals surface area contributed by atoms with Crippen LogP contribution in [0.3, 0.4) is 0 Å². The summed E-state index contributed by atoms with van der Waals surface area (Å²) >= 11 is 5.76. The highest BCUT2D eigenvalue weighted by Gasteiger charge is 2.14. The number of aryl methyl sites for hydroxylation is 1. The molecule has 5 heteroatoms. The van der Waals surface area contributed by atoms with E-state index in [-0.39, 0.29) is 0 Å². The van der Waals surface area contributed by atoms with E-state index in [4.69, 9.17) is 11.6 Å². The van der Waals surface area contributed by atoms with Gasteiger partial charge in [-0.05, 0) is 37.9 Å². The second kappa shape index (κ2) is 4.77. The van der Waals surface area contributed by atoms with Gasteiger partial charge in [-0.3, -0.25) is 0 Å². The molecule has 1 unspecified atom stereocenters. The fourth-order valence-electron chi connectivity index (χ4n) is 1.74. The molecule has 4 nitrogen and oxygen atoms in total. The molecular weight excluding hydrogens is 212 g/mol. The van der Waals surface area contributed by atoms with Crippen LogP contribution >= 0.6 is 11.6 Å². The van der Waals surface area contributed by atoms with Gasteiger partial charge in [-0.15, -0.1) is 0 Å². The van der Waals surface area contributed by atoms with Gasteiger partial charge in [0.25, 0.3) is 0 Å². The Morgan fingerprint density at radius 3 is 3.20 bits per heavy atom. The maximum absolute atomic E-state index is 5.76. The standard InChI is InChI=1S/C10H15ClN4/c1-7-5-13-10(11)15-9(7)14-8-3-2-4-12-6-8/h5,8,12H,2-4,6H2,1H3,(H,13,14,15). The Kier molecular flexibility index (Phi) is 3.38. The Bertz CT molecular complexity index is 336. The van der Waals surface area contributed by atoms with Crippen LogP contribution in [-0.4, -0.2) is 29.1 Å². The van der Waals surface area contributed by atoms with E-state index in [2.05, 4.69) is 20.6 Å². The molecule has 2 heterocycles. The van der Waals surface area contributed by atoms with Crippen molar-refractivity contribution < 1.29 is 0 Å². The van der Waals surface area contributed by atoms with Gasteiger partial charge >= 0.3 is 0 Å². The number of halogens is 1. The first-order valence-corrected chi connectivity index (χ1v) is 5.60. The highest BCUT2D eigenvalue weighted by molar-refractivity contribution is 6.28. The molecule has 0 saturated carbocycles. The molecule has 0 aliphatic carbocycles. The molecule has 1 fully saturated rings. The molecule has 0 amide bonds. The number of aromatic nitrogens is 2. The first kappa shape index (κ1) is 10.6. The lowest BCUT2D eigenvalue weighted by atomic mass is 10.1. The van der Waals surface area contributed by atoms with E-state index in [9.17, 15) is 0 Å². The van der Waals surface area contributed by atoms with Crippen molar-refractivity contribution in [3.63, 3.8) is 0 Å². The Hall–Kier alpha value is -0.870. The smallest absolute Gasteiger partial charge is 0.224 e. The number of nitrogens with one attached hydrogen (secondary N) is 2. The second-order valence-electron chi connectivity index (χ2n) is 3.86. The summed E-state index contributed by atoms with van der Waals surface area (Å²) in [7, 11) is 0. The van der Waals surface area contributed by atoms with Crippen molar-refractivity contribution in [1.82, 2.24) is 15.3 Å². The SMILES string of the molecule is Cc1cnc(Cl)nc1NC1CCCNC1. The minimum Gasteiger partial charge on any atom is -0.366 e. The van der Waals surface area contributed by atoms with Crippen LogP contribution in [-0.2, 0) is 0 Å².